The Morgan fingerprint density at radius 2 is 1.52 bits per heavy atom. The summed E-state index contributed by atoms with van der Waals surface area (Å²) in [5, 5.41) is 5.58. The second-order valence-electron chi connectivity index (χ2n) is 7.65. The molecular weight excluding hydrogens is 414 g/mol. The van der Waals surface area contributed by atoms with Crippen LogP contribution in [-0.4, -0.2) is 26.8 Å². The van der Waals surface area contributed by atoms with Gasteiger partial charge in [0.2, 0.25) is 21.8 Å². The van der Waals surface area contributed by atoms with E-state index in [4.69, 9.17) is 0 Å². The highest BCUT2D eigenvalue weighted by Crippen LogP contribution is 2.21. The summed E-state index contributed by atoms with van der Waals surface area (Å²) in [5.74, 6) is -0.276. The van der Waals surface area contributed by atoms with E-state index in [9.17, 15) is 18.0 Å². The molecule has 0 aliphatic heterocycles. The van der Waals surface area contributed by atoms with E-state index < -0.39 is 10.0 Å². The summed E-state index contributed by atoms with van der Waals surface area (Å²) in [6.07, 6.45) is 1.30. The molecule has 0 aliphatic carbocycles. The summed E-state index contributed by atoms with van der Waals surface area (Å²) < 4.78 is 27.8. The summed E-state index contributed by atoms with van der Waals surface area (Å²) in [4.78, 5) is 24.0. The first-order valence-electron chi connectivity index (χ1n) is 10.4. The fraction of sp³-hybridized carbons (Fsp3) is 0.391. The van der Waals surface area contributed by atoms with Gasteiger partial charge < -0.3 is 10.6 Å². The maximum atomic E-state index is 12.6. The topological polar surface area (TPSA) is 104 Å². The van der Waals surface area contributed by atoms with E-state index in [0.29, 0.717) is 29.8 Å². The van der Waals surface area contributed by atoms with E-state index in [-0.39, 0.29) is 29.7 Å². The van der Waals surface area contributed by atoms with Crippen LogP contribution in [0.5, 0.6) is 0 Å². The second kappa shape index (κ2) is 11.1. The molecule has 2 amide bonds. The van der Waals surface area contributed by atoms with Crippen LogP contribution in [0.1, 0.15) is 48.4 Å². The lowest BCUT2D eigenvalue weighted by atomic mass is 10.1. The van der Waals surface area contributed by atoms with E-state index in [0.717, 1.165) is 17.5 Å². The average molecular weight is 446 g/mol. The Hall–Kier alpha value is -2.71. The van der Waals surface area contributed by atoms with Gasteiger partial charge in [0.25, 0.3) is 0 Å². The van der Waals surface area contributed by atoms with Crippen molar-refractivity contribution < 1.29 is 18.0 Å². The maximum absolute atomic E-state index is 12.6. The molecule has 0 unspecified atom stereocenters. The third-order valence-corrected chi connectivity index (χ3v) is 6.49. The van der Waals surface area contributed by atoms with Crippen molar-refractivity contribution in [1.29, 1.82) is 0 Å². The van der Waals surface area contributed by atoms with Gasteiger partial charge in [0.05, 0.1) is 4.90 Å². The number of hydrogen-bond acceptors (Lipinski definition) is 4. The van der Waals surface area contributed by atoms with Crippen LogP contribution in [0.15, 0.2) is 41.3 Å². The molecule has 2 aromatic rings. The minimum atomic E-state index is -3.68. The van der Waals surface area contributed by atoms with Crippen LogP contribution < -0.4 is 15.4 Å². The zero-order valence-corrected chi connectivity index (χ0v) is 19.4. The van der Waals surface area contributed by atoms with E-state index in [1.54, 1.807) is 26.0 Å². The molecule has 0 radical (unpaired) electrons. The van der Waals surface area contributed by atoms with E-state index in [1.807, 2.05) is 38.1 Å². The molecule has 3 N–H and O–H groups in total. The predicted molar refractivity (Wildman–Crippen MR) is 122 cm³/mol. The van der Waals surface area contributed by atoms with Crippen LogP contribution >= 0.6 is 0 Å². The van der Waals surface area contributed by atoms with Crippen molar-refractivity contribution in [2.45, 2.75) is 58.4 Å². The Morgan fingerprint density at radius 3 is 2.10 bits per heavy atom. The van der Waals surface area contributed by atoms with E-state index >= 15 is 0 Å². The van der Waals surface area contributed by atoms with Crippen molar-refractivity contribution >= 4 is 27.5 Å². The molecule has 8 heteroatoms. The van der Waals surface area contributed by atoms with Crippen molar-refractivity contribution in [2.75, 3.05) is 11.9 Å². The Bertz CT molecular complexity index is 1010. The van der Waals surface area contributed by atoms with Gasteiger partial charge >= 0.3 is 0 Å². The third-order valence-electron chi connectivity index (χ3n) is 4.72. The van der Waals surface area contributed by atoms with E-state index in [2.05, 4.69) is 15.4 Å². The Kier molecular flexibility index (Phi) is 8.76. The van der Waals surface area contributed by atoms with Crippen LogP contribution in [0.25, 0.3) is 0 Å². The van der Waals surface area contributed by atoms with Gasteiger partial charge in [-0.2, -0.15) is 0 Å². The molecule has 0 bridgehead atoms. The molecule has 0 heterocycles. The van der Waals surface area contributed by atoms with Gasteiger partial charge in [-0.1, -0.05) is 36.8 Å². The SMILES string of the molecule is CCCC(=O)Nc1ccc(CNC(=O)CCNS(=O)(=O)c2c(C)cc(C)cc2C)cc1. The number of rotatable bonds is 10. The monoisotopic (exact) mass is 445 g/mol. The van der Waals surface area contributed by atoms with Crippen LogP contribution in [0.4, 0.5) is 5.69 Å². The molecule has 0 fully saturated rings. The molecule has 7 nitrogen and oxygen atoms in total. The minimum Gasteiger partial charge on any atom is -0.352 e. The number of hydrogen-bond donors (Lipinski definition) is 3. The van der Waals surface area contributed by atoms with Crippen molar-refractivity contribution in [1.82, 2.24) is 10.0 Å². The second-order valence-corrected chi connectivity index (χ2v) is 9.35. The highest BCUT2D eigenvalue weighted by molar-refractivity contribution is 7.89. The Balaban J connectivity index is 1.81. The summed E-state index contributed by atoms with van der Waals surface area (Å²) in [5.41, 5.74) is 3.97. The first-order valence-corrected chi connectivity index (χ1v) is 11.8. The van der Waals surface area contributed by atoms with Gasteiger partial charge in [0.15, 0.2) is 0 Å². The fourth-order valence-corrected chi connectivity index (χ4v) is 4.89. The van der Waals surface area contributed by atoms with E-state index in [1.165, 1.54) is 0 Å². The zero-order chi connectivity index (χ0) is 23.0. The van der Waals surface area contributed by atoms with Crippen molar-refractivity contribution in [3.8, 4) is 0 Å². The summed E-state index contributed by atoms with van der Waals surface area (Å²) in [6.45, 7) is 7.74. The van der Waals surface area contributed by atoms with Crippen LogP contribution in [0.3, 0.4) is 0 Å². The Labute approximate surface area is 184 Å². The molecule has 2 aromatic carbocycles. The van der Waals surface area contributed by atoms with Crippen molar-refractivity contribution in [3.05, 3.63) is 58.7 Å². The van der Waals surface area contributed by atoms with Gasteiger partial charge in [-0.15, -0.1) is 0 Å². The van der Waals surface area contributed by atoms with Crippen molar-refractivity contribution in [3.63, 3.8) is 0 Å². The van der Waals surface area contributed by atoms with Crippen LogP contribution in [0.2, 0.25) is 0 Å². The molecule has 0 atom stereocenters. The smallest absolute Gasteiger partial charge is 0.241 e. The number of carbonyl (C=O) groups is 2. The summed E-state index contributed by atoms with van der Waals surface area (Å²) >= 11 is 0. The third kappa shape index (κ3) is 7.48. The number of amides is 2. The van der Waals surface area contributed by atoms with Gasteiger partial charge in [-0.3, -0.25) is 9.59 Å². The number of nitrogens with one attached hydrogen (secondary N) is 3. The highest BCUT2D eigenvalue weighted by atomic mass is 32.2. The lowest BCUT2D eigenvalue weighted by Gasteiger charge is -2.13. The number of anilines is 1. The van der Waals surface area contributed by atoms with Gasteiger partial charge in [-0.25, -0.2) is 13.1 Å². The summed E-state index contributed by atoms with van der Waals surface area (Å²) in [7, 11) is -3.68. The quantitative estimate of drug-likeness (QED) is 0.522. The standard InChI is InChI=1S/C23H31N3O4S/c1-5-6-22(28)26-20-9-7-19(8-10-20)15-24-21(27)11-12-25-31(29,30)23-17(3)13-16(2)14-18(23)4/h7-10,13-14,25H,5-6,11-12,15H2,1-4H3,(H,24,27)(H,26,28). The van der Waals surface area contributed by atoms with Gasteiger partial charge in [0.1, 0.15) is 0 Å². The Morgan fingerprint density at radius 1 is 0.903 bits per heavy atom. The number of benzene rings is 2. The molecule has 0 aliphatic rings. The maximum Gasteiger partial charge on any atom is 0.241 e. The summed E-state index contributed by atoms with van der Waals surface area (Å²) in [6, 6.07) is 10.9. The molecule has 0 saturated carbocycles. The number of sulfonamides is 1. The first-order chi connectivity index (χ1) is 14.6. The zero-order valence-electron chi connectivity index (χ0n) is 18.5. The number of carbonyl (C=O) groups excluding carboxylic acids is 2. The average Bonchev–Trinajstić information content (AvgIpc) is 2.66. The molecule has 168 valence electrons. The molecular formula is C23H31N3O4S. The largest absolute Gasteiger partial charge is 0.352 e. The molecule has 0 spiro atoms. The van der Waals surface area contributed by atoms with Gasteiger partial charge in [0, 0.05) is 31.6 Å². The minimum absolute atomic E-state index is 0.0172. The highest BCUT2D eigenvalue weighted by Gasteiger charge is 2.19. The first kappa shape index (κ1) is 24.6. The normalized spacial score (nSPS) is 11.2. The predicted octanol–water partition coefficient (Wildman–Crippen LogP) is 3.34. The van der Waals surface area contributed by atoms with Crippen LogP contribution in [0, 0.1) is 20.8 Å². The van der Waals surface area contributed by atoms with Gasteiger partial charge in [-0.05, 0) is 56.0 Å². The lowest BCUT2D eigenvalue weighted by molar-refractivity contribution is -0.121. The lowest BCUT2D eigenvalue weighted by Crippen LogP contribution is -2.31. The molecule has 0 aromatic heterocycles. The molecule has 2 rings (SSSR count). The number of aryl methyl sites for hydroxylation is 3. The fourth-order valence-electron chi connectivity index (χ4n) is 3.41. The molecule has 0 saturated heterocycles. The molecule has 31 heavy (non-hydrogen) atoms. The van der Waals surface area contributed by atoms with Crippen molar-refractivity contribution in [2.24, 2.45) is 0 Å². The van der Waals surface area contributed by atoms with Crippen LogP contribution in [-0.2, 0) is 26.2 Å².